The second kappa shape index (κ2) is 5.84. The minimum Gasteiger partial charge on any atom is -0.127 e. The van der Waals surface area contributed by atoms with Gasteiger partial charge >= 0.3 is 0 Å². The SMILES string of the molecule is C[Si](C)(C)C/C=C/CCCCl. The molecule has 0 aromatic carbocycles. The summed E-state index contributed by atoms with van der Waals surface area (Å²) in [4.78, 5) is 0. The minimum absolute atomic E-state index is 0.789. The molecule has 0 amide bonds. The van der Waals surface area contributed by atoms with Gasteiger partial charge < -0.3 is 0 Å². The summed E-state index contributed by atoms with van der Waals surface area (Å²) in [7, 11) is -0.837. The van der Waals surface area contributed by atoms with Crippen molar-refractivity contribution in [3.63, 3.8) is 0 Å². The highest BCUT2D eigenvalue weighted by molar-refractivity contribution is 6.76. The van der Waals surface area contributed by atoms with Crippen molar-refractivity contribution in [2.45, 2.75) is 38.5 Å². The fraction of sp³-hybridized carbons (Fsp3) is 0.778. The zero-order valence-electron chi connectivity index (χ0n) is 7.86. The number of allylic oxidation sites excluding steroid dienone is 2. The van der Waals surface area contributed by atoms with E-state index in [-0.39, 0.29) is 0 Å². The average molecular weight is 191 g/mol. The number of hydrogen-bond donors (Lipinski definition) is 0. The van der Waals surface area contributed by atoms with Crippen LogP contribution in [0.2, 0.25) is 25.7 Å². The fourth-order valence-electron chi connectivity index (χ4n) is 0.750. The predicted octanol–water partition coefficient (Wildman–Crippen LogP) is 3.90. The molecule has 11 heavy (non-hydrogen) atoms. The lowest BCUT2D eigenvalue weighted by Gasteiger charge is -2.11. The van der Waals surface area contributed by atoms with Crippen LogP contribution in [-0.4, -0.2) is 14.0 Å². The largest absolute Gasteiger partial charge is 0.127 e. The lowest BCUT2D eigenvalue weighted by Crippen LogP contribution is -2.17. The Morgan fingerprint density at radius 3 is 2.27 bits per heavy atom. The maximum absolute atomic E-state index is 5.55. The molecule has 0 radical (unpaired) electrons. The van der Waals surface area contributed by atoms with E-state index in [9.17, 15) is 0 Å². The van der Waals surface area contributed by atoms with Gasteiger partial charge in [0.15, 0.2) is 0 Å². The molecule has 0 heterocycles. The number of alkyl halides is 1. The third-order valence-corrected chi connectivity index (χ3v) is 3.13. The van der Waals surface area contributed by atoms with Crippen molar-refractivity contribution >= 4 is 19.7 Å². The summed E-state index contributed by atoms with van der Waals surface area (Å²) in [6.45, 7) is 7.16. The van der Waals surface area contributed by atoms with Crippen LogP contribution in [0.3, 0.4) is 0 Å². The van der Waals surface area contributed by atoms with Crippen molar-refractivity contribution in [2.75, 3.05) is 5.88 Å². The van der Waals surface area contributed by atoms with E-state index in [0.717, 1.165) is 18.7 Å². The van der Waals surface area contributed by atoms with Crippen molar-refractivity contribution in [2.24, 2.45) is 0 Å². The minimum atomic E-state index is -0.837. The van der Waals surface area contributed by atoms with Crippen molar-refractivity contribution < 1.29 is 0 Å². The molecule has 0 aliphatic rings. The van der Waals surface area contributed by atoms with E-state index in [4.69, 9.17) is 11.6 Å². The molecule has 0 atom stereocenters. The molecule has 0 unspecified atom stereocenters. The summed E-state index contributed by atoms with van der Waals surface area (Å²) in [5, 5.41) is 0. The van der Waals surface area contributed by atoms with Crippen molar-refractivity contribution in [1.82, 2.24) is 0 Å². The first-order chi connectivity index (χ1) is 5.06. The summed E-state index contributed by atoms with van der Waals surface area (Å²) < 4.78 is 0. The Morgan fingerprint density at radius 1 is 1.18 bits per heavy atom. The molecule has 0 bridgehead atoms. The topological polar surface area (TPSA) is 0 Å². The predicted molar refractivity (Wildman–Crippen MR) is 57.2 cm³/mol. The molecule has 0 aliphatic carbocycles. The Kier molecular flexibility index (Phi) is 5.97. The molecule has 0 saturated heterocycles. The van der Waals surface area contributed by atoms with E-state index < -0.39 is 8.07 Å². The quantitative estimate of drug-likeness (QED) is 0.267. The molecule has 0 rings (SSSR count). The van der Waals surface area contributed by atoms with Gasteiger partial charge in [-0.25, -0.2) is 0 Å². The van der Waals surface area contributed by atoms with E-state index in [1.807, 2.05) is 0 Å². The van der Waals surface area contributed by atoms with Gasteiger partial charge in [-0.05, 0) is 18.9 Å². The third kappa shape index (κ3) is 10.2. The molecule has 0 spiro atoms. The molecule has 0 N–H and O–H groups in total. The lowest BCUT2D eigenvalue weighted by atomic mass is 10.3. The summed E-state index contributed by atoms with van der Waals surface area (Å²) in [5.41, 5.74) is 0. The van der Waals surface area contributed by atoms with Gasteiger partial charge in [-0.1, -0.05) is 31.8 Å². The Balaban J connectivity index is 3.30. The standard InChI is InChI=1S/C9H19ClSi/c1-11(2,3)9-7-5-4-6-8-10/h5,7H,4,6,8-9H2,1-3H3/b7-5+. The van der Waals surface area contributed by atoms with E-state index >= 15 is 0 Å². The smallest absolute Gasteiger partial charge is 0.0480 e. The third-order valence-electron chi connectivity index (χ3n) is 1.40. The van der Waals surface area contributed by atoms with Gasteiger partial charge in [0.2, 0.25) is 0 Å². The van der Waals surface area contributed by atoms with Crippen LogP contribution in [0.25, 0.3) is 0 Å². The van der Waals surface area contributed by atoms with Crippen LogP contribution in [0, 0.1) is 0 Å². The van der Waals surface area contributed by atoms with Crippen molar-refractivity contribution in [3.8, 4) is 0 Å². The highest BCUT2D eigenvalue weighted by Crippen LogP contribution is 2.08. The normalized spacial score (nSPS) is 12.7. The van der Waals surface area contributed by atoms with Crippen LogP contribution in [0.1, 0.15) is 12.8 Å². The number of rotatable bonds is 5. The van der Waals surface area contributed by atoms with Crippen LogP contribution in [-0.2, 0) is 0 Å². The maximum Gasteiger partial charge on any atom is 0.0480 e. The van der Waals surface area contributed by atoms with Gasteiger partial charge in [0.25, 0.3) is 0 Å². The molecule has 66 valence electrons. The molecule has 0 aliphatic heterocycles. The Hall–Kier alpha value is 0.247. The molecule has 0 saturated carbocycles. The van der Waals surface area contributed by atoms with Gasteiger partial charge in [-0.3, -0.25) is 0 Å². The average Bonchev–Trinajstić information content (AvgIpc) is 1.85. The first-order valence-corrected chi connectivity index (χ1v) is 8.51. The van der Waals surface area contributed by atoms with E-state index in [0.29, 0.717) is 0 Å². The molecule has 0 aromatic heterocycles. The Morgan fingerprint density at radius 2 is 1.82 bits per heavy atom. The van der Waals surface area contributed by atoms with Gasteiger partial charge in [-0.15, -0.1) is 11.6 Å². The summed E-state index contributed by atoms with van der Waals surface area (Å²) >= 11 is 5.55. The van der Waals surface area contributed by atoms with Gasteiger partial charge in [-0.2, -0.15) is 0 Å². The van der Waals surface area contributed by atoms with E-state index in [1.54, 1.807) is 0 Å². The number of unbranched alkanes of at least 4 members (excludes halogenated alkanes) is 1. The van der Waals surface area contributed by atoms with E-state index in [1.165, 1.54) is 6.04 Å². The van der Waals surface area contributed by atoms with Gasteiger partial charge in [0.1, 0.15) is 0 Å². The highest BCUT2D eigenvalue weighted by atomic mass is 35.5. The number of halogens is 1. The lowest BCUT2D eigenvalue weighted by molar-refractivity contribution is 0.964. The molecular formula is C9H19ClSi. The second-order valence-electron chi connectivity index (χ2n) is 4.07. The summed E-state index contributed by atoms with van der Waals surface area (Å²) in [5.74, 6) is 0.789. The monoisotopic (exact) mass is 190 g/mol. The zero-order chi connectivity index (χ0) is 8.74. The van der Waals surface area contributed by atoms with E-state index in [2.05, 4.69) is 31.8 Å². The summed E-state index contributed by atoms with van der Waals surface area (Å²) in [6, 6.07) is 1.30. The van der Waals surface area contributed by atoms with Gasteiger partial charge in [0, 0.05) is 14.0 Å². The summed E-state index contributed by atoms with van der Waals surface area (Å²) in [6.07, 6.45) is 6.84. The van der Waals surface area contributed by atoms with Crippen LogP contribution < -0.4 is 0 Å². The maximum atomic E-state index is 5.55. The van der Waals surface area contributed by atoms with Gasteiger partial charge in [0.05, 0.1) is 0 Å². The van der Waals surface area contributed by atoms with Crippen LogP contribution in [0.4, 0.5) is 0 Å². The molecule has 2 heteroatoms. The van der Waals surface area contributed by atoms with Crippen molar-refractivity contribution in [3.05, 3.63) is 12.2 Å². The molecule has 0 fully saturated rings. The number of hydrogen-bond acceptors (Lipinski definition) is 0. The molecule has 0 nitrogen and oxygen atoms in total. The van der Waals surface area contributed by atoms with Crippen molar-refractivity contribution in [1.29, 1.82) is 0 Å². The zero-order valence-corrected chi connectivity index (χ0v) is 9.62. The first kappa shape index (κ1) is 11.2. The molecule has 0 aromatic rings. The highest BCUT2D eigenvalue weighted by Gasteiger charge is 2.08. The Labute approximate surface area is 76.7 Å². The fourth-order valence-corrected chi connectivity index (χ4v) is 1.78. The molecular weight excluding hydrogens is 172 g/mol. The van der Waals surface area contributed by atoms with Crippen LogP contribution in [0.15, 0.2) is 12.2 Å². The Bertz CT molecular complexity index is 113. The van der Waals surface area contributed by atoms with Crippen LogP contribution >= 0.6 is 11.6 Å². The second-order valence-corrected chi connectivity index (χ2v) is 9.97. The first-order valence-electron chi connectivity index (χ1n) is 4.27. The van der Waals surface area contributed by atoms with Crippen LogP contribution in [0.5, 0.6) is 0 Å².